The van der Waals surface area contributed by atoms with Gasteiger partial charge in [-0.3, -0.25) is 0 Å². The summed E-state index contributed by atoms with van der Waals surface area (Å²) in [4.78, 5) is 12.0. The molecule has 5 nitrogen and oxygen atoms in total. The second-order valence-corrected chi connectivity index (χ2v) is 8.56. The van der Waals surface area contributed by atoms with Gasteiger partial charge in [0, 0.05) is 30.3 Å². The zero-order valence-electron chi connectivity index (χ0n) is 20.3. The molecule has 0 fully saturated rings. The quantitative estimate of drug-likeness (QED) is 0.124. The van der Waals surface area contributed by atoms with E-state index in [9.17, 15) is 26.7 Å². The van der Waals surface area contributed by atoms with Crippen LogP contribution in [0.25, 0.3) is 6.08 Å². The lowest BCUT2D eigenvalue weighted by Gasteiger charge is -2.18. The maximum Gasteiger partial charge on any atom is 0.426 e. The summed E-state index contributed by atoms with van der Waals surface area (Å²) in [5.74, 6) is -0.722. The Labute approximate surface area is 216 Å². The number of esters is 1. The van der Waals surface area contributed by atoms with Crippen LogP contribution in [0.4, 0.5) is 33.3 Å². The zero-order valence-corrected chi connectivity index (χ0v) is 20.3. The molecule has 4 N–H and O–H groups in total. The Hall–Kier alpha value is -4.08. The highest BCUT2D eigenvalue weighted by atomic mass is 19.4. The third kappa shape index (κ3) is 9.10. The molecule has 3 rings (SSSR count). The molecule has 3 aromatic carbocycles. The number of anilines is 2. The third-order valence-electron chi connectivity index (χ3n) is 5.54. The molecule has 10 heteroatoms. The van der Waals surface area contributed by atoms with Gasteiger partial charge in [-0.05, 0) is 72.0 Å². The maximum atomic E-state index is 14.6. The van der Waals surface area contributed by atoms with E-state index in [1.165, 1.54) is 60.7 Å². The van der Waals surface area contributed by atoms with Gasteiger partial charge in [-0.25, -0.2) is 4.79 Å². The number of hydrogen-bond acceptors (Lipinski definition) is 5. The smallest absolute Gasteiger partial charge is 0.426 e. The van der Waals surface area contributed by atoms with Crippen molar-refractivity contribution in [2.45, 2.75) is 38.0 Å². The van der Waals surface area contributed by atoms with Gasteiger partial charge >= 0.3 is 18.3 Å². The molecule has 0 aliphatic carbocycles. The van der Waals surface area contributed by atoms with E-state index in [0.29, 0.717) is 28.9 Å². The summed E-state index contributed by atoms with van der Waals surface area (Å²) in [6.07, 6.45) is -5.66. The van der Waals surface area contributed by atoms with E-state index in [1.54, 1.807) is 18.2 Å². The number of hydrogen-bond donors (Lipinski definition) is 2. The molecule has 0 bridgehead atoms. The Kier molecular flexibility index (Phi) is 9.33. The third-order valence-corrected chi connectivity index (χ3v) is 5.54. The minimum atomic E-state index is -4.23. The Morgan fingerprint density at radius 2 is 1.55 bits per heavy atom. The predicted molar refractivity (Wildman–Crippen MR) is 135 cm³/mol. The molecule has 38 heavy (non-hydrogen) atoms. The van der Waals surface area contributed by atoms with Crippen molar-refractivity contribution in [2.24, 2.45) is 0 Å². The molecule has 0 radical (unpaired) electrons. The van der Waals surface area contributed by atoms with Gasteiger partial charge in [-0.15, -0.1) is 0 Å². The molecule has 0 aliphatic rings. The number of nitrogens with two attached hydrogens (primary N) is 2. The molecule has 0 heterocycles. The van der Waals surface area contributed by atoms with Crippen LogP contribution in [0.1, 0.15) is 35.1 Å². The minimum absolute atomic E-state index is 0.0862. The minimum Gasteiger partial charge on any atom is -0.462 e. The Morgan fingerprint density at radius 3 is 2.18 bits per heavy atom. The van der Waals surface area contributed by atoms with Crippen LogP contribution in [-0.2, 0) is 28.5 Å². The van der Waals surface area contributed by atoms with Gasteiger partial charge in [0.15, 0.2) is 0 Å². The van der Waals surface area contributed by atoms with Crippen molar-refractivity contribution in [1.82, 2.24) is 0 Å². The molecule has 0 unspecified atom stereocenters. The number of benzene rings is 3. The monoisotopic (exact) mass is 534 g/mol. The SMILES string of the molecule is Nc1ccc(CCOC(=O)/C=C/c2ccc(C(F)(F)Oc3ccc(CCCC(F)(F)F)cc3)cc2)c(N)c1. The fraction of sp³-hybridized carbons (Fsp3) is 0.250. The van der Waals surface area contributed by atoms with E-state index in [-0.39, 0.29) is 25.2 Å². The molecule has 0 aliphatic heterocycles. The van der Waals surface area contributed by atoms with Crippen LogP contribution < -0.4 is 16.2 Å². The molecule has 0 aromatic heterocycles. The van der Waals surface area contributed by atoms with Gasteiger partial charge in [-0.1, -0.05) is 30.3 Å². The molecule has 0 atom stereocenters. The van der Waals surface area contributed by atoms with E-state index in [1.807, 2.05) is 0 Å². The van der Waals surface area contributed by atoms with Gasteiger partial charge in [0.2, 0.25) is 0 Å². The Bertz CT molecular complexity index is 1240. The molecule has 0 saturated heterocycles. The fourth-order valence-electron chi connectivity index (χ4n) is 3.53. The first kappa shape index (κ1) is 28.5. The number of nitrogen functional groups attached to an aromatic ring is 2. The van der Waals surface area contributed by atoms with Crippen molar-refractivity contribution in [3.05, 3.63) is 95.1 Å². The molecular weight excluding hydrogens is 507 g/mol. The van der Waals surface area contributed by atoms with Crippen LogP contribution in [-0.4, -0.2) is 18.8 Å². The molecule has 202 valence electrons. The first-order valence-electron chi connectivity index (χ1n) is 11.7. The van der Waals surface area contributed by atoms with E-state index in [0.717, 1.165) is 5.56 Å². The van der Waals surface area contributed by atoms with Crippen molar-refractivity contribution in [2.75, 3.05) is 18.1 Å². The molecule has 3 aromatic rings. The topological polar surface area (TPSA) is 87.6 Å². The molecule has 0 saturated carbocycles. The van der Waals surface area contributed by atoms with Crippen molar-refractivity contribution < 1.29 is 36.2 Å². The van der Waals surface area contributed by atoms with Crippen molar-refractivity contribution in [1.29, 1.82) is 0 Å². The first-order chi connectivity index (χ1) is 17.9. The van der Waals surface area contributed by atoms with E-state index in [2.05, 4.69) is 0 Å². The van der Waals surface area contributed by atoms with Crippen molar-refractivity contribution in [3.8, 4) is 5.75 Å². The number of carbonyl (C=O) groups excluding carboxylic acids is 1. The summed E-state index contributed by atoms with van der Waals surface area (Å²) < 4.78 is 75.9. The summed E-state index contributed by atoms with van der Waals surface area (Å²) in [6.45, 7) is 0.105. The van der Waals surface area contributed by atoms with Gasteiger partial charge in [0.25, 0.3) is 0 Å². The Balaban J connectivity index is 1.49. The number of rotatable bonds is 11. The summed E-state index contributed by atoms with van der Waals surface area (Å²) in [7, 11) is 0. The zero-order chi connectivity index (χ0) is 27.8. The highest BCUT2D eigenvalue weighted by Gasteiger charge is 2.34. The highest BCUT2D eigenvalue weighted by molar-refractivity contribution is 5.87. The number of aryl methyl sites for hydroxylation is 1. The lowest BCUT2D eigenvalue weighted by molar-refractivity contribution is -0.185. The largest absolute Gasteiger partial charge is 0.462 e. The summed E-state index contributed by atoms with van der Waals surface area (Å²) >= 11 is 0. The molecular formula is C28H27F5N2O3. The first-order valence-corrected chi connectivity index (χ1v) is 11.7. The van der Waals surface area contributed by atoms with Crippen molar-refractivity contribution >= 4 is 23.4 Å². The lowest BCUT2D eigenvalue weighted by Crippen LogP contribution is -2.21. The second-order valence-electron chi connectivity index (χ2n) is 8.56. The number of ether oxygens (including phenoxy) is 2. The highest BCUT2D eigenvalue weighted by Crippen LogP contribution is 2.32. The number of halogens is 5. The van der Waals surface area contributed by atoms with Crippen LogP contribution in [0.2, 0.25) is 0 Å². The normalized spacial score (nSPS) is 12.0. The standard InChI is InChI=1S/C28H27F5N2O3/c29-27(30,31)16-1-2-19-5-12-24(13-6-19)38-28(32,33)22-9-3-20(4-10-22)7-14-26(36)37-17-15-21-8-11-23(34)18-25(21)35/h3-14,18H,1-2,15-17,34-35H2/b14-7+. The van der Waals surface area contributed by atoms with E-state index in [4.69, 9.17) is 20.9 Å². The van der Waals surface area contributed by atoms with Crippen LogP contribution in [0.5, 0.6) is 5.75 Å². The van der Waals surface area contributed by atoms with Crippen molar-refractivity contribution in [3.63, 3.8) is 0 Å². The van der Waals surface area contributed by atoms with Gasteiger partial charge in [0.05, 0.1) is 12.2 Å². The van der Waals surface area contributed by atoms with E-state index < -0.39 is 30.2 Å². The van der Waals surface area contributed by atoms with Gasteiger partial charge in [0.1, 0.15) is 5.75 Å². The average molecular weight is 535 g/mol. The molecule has 0 spiro atoms. The van der Waals surface area contributed by atoms with Crippen LogP contribution in [0.15, 0.2) is 72.8 Å². The predicted octanol–water partition coefficient (Wildman–Crippen LogP) is 6.66. The fourth-order valence-corrected chi connectivity index (χ4v) is 3.53. The summed E-state index contributed by atoms with van der Waals surface area (Å²) in [5.41, 5.74) is 14.0. The average Bonchev–Trinajstić information content (AvgIpc) is 2.84. The van der Waals surface area contributed by atoms with Gasteiger partial charge < -0.3 is 20.9 Å². The van der Waals surface area contributed by atoms with E-state index >= 15 is 0 Å². The lowest BCUT2D eigenvalue weighted by atomic mass is 10.1. The number of alkyl halides is 5. The number of carbonyl (C=O) groups is 1. The Morgan fingerprint density at radius 1 is 0.868 bits per heavy atom. The summed E-state index contributed by atoms with van der Waals surface area (Å²) in [6, 6.07) is 15.7. The maximum absolute atomic E-state index is 14.6. The second kappa shape index (κ2) is 12.4. The summed E-state index contributed by atoms with van der Waals surface area (Å²) in [5, 5.41) is 0. The van der Waals surface area contributed by atoms with Gasteiger partial charge in [-0.2, -0.15) is 22.0 Å². The van der Waals surface area contributed by atoms with Crippen LogP contribution in [0.3, 0.4) is 0 Å². The van der Waals surface area contributed by atoms with Crippen LogP contribution >= 0.6 is 0 Å². The molecule has 0 amide bonds. The van der Waals surface area contributed by atoms with Crippen LogP contribution in [0, 0.1) is 0 Å².